The summed E-state index contributed by atoms with van der Waals surface area (Å²) in [6, 6.07) is 7.49. The van der Waals surface area contributed by atoms with Crippen LogP contribution >= 0.6 is 11.8 Å². The molecule has 0 fully saturated rings. The van der Waals surface area contributed by atoms with Gasteiger partial charge in [0.1, 0.15) is 0 Å². The third kappa shape index (κ3) is 1.36. The van der Waals surface area contributed by atoms with Crippen LogP contribution in [0.1, 0.15) is 0 Å². The molecule has 1 aliphatic heterocycles. The summed E-state index contributed by atoms with van der Waals surface area (Å²) in [6.07, 6.45) is 0. The standard InChI is InChI=1S/C8H9N3OS/c9-10-8(12)11-5-13-7-4-2-1-3-6(7)11/h1-4H,5,9H2,(H,10,12). The summed E-state index contributed by atoms with van der Waals surface area (Å²) in [7, 11) is 0. The van der Waals surface area contributed by atoms with Crippen molar-refractivity contribution in [3.8, 4) is 0 Å². The van der Waals surface area contributed by atoms with Gasteiger partial charge in [0.15, 0.2) is 0 Å². The van der Waals surface area contributed by atoms with Crippen LogP contribution in [0.15, 0.2) is 29.2 Å². The molecular formula is C8H9N3OS. The molecule has 0 unspecified atom stereocenters. The van der Waals surface area contributed by atoms with Crippen LogP contribution in [0, 0.1) is 0 Å². The molecule has 4 nitrogen and oxygen atoms in total. The second-order valence-electron chi connectivity index (χ2n) is 2.62. The van der Waals surface area contributed by atoms with E-state index in [9.17, 15) is 4.79 Å². The maximum absolute atomic E-state index is 11.3. The number of urea groups is 1. The average Bonchev–Trinajstić information content (AvgIpc) is 2.60. The summed E-state index contributed by atoms with van der Waals surface area (Å²) in [5.74, 6) is 5.69. The van der Waals surface area contributed by atoms with E-state index in [4.69, 9.17) is 5.84 Å². The van der Waals surface area contributed by atoms with Gasteiger partial charge in [-0.05, 0) is 12.1 Å². The number of hydrazine groups is 1. The smallest absolute Gasteiger partial charge is 0.282 e. The number of nitrogens with two attached hydrogens (primary N) is 1. The number of carbonyl (C=O) groups excluding carboxylic acids is 1. The monoisotopic (exact) mass is 195 g/mol. The summed E-state index contributed by atoms with van der Waals surface area (Å²) >= 11 is 1.63. The van der Waals surface area contributed by atoms with Gasteiger partial charge < -0.3 is 0 Å². The first-order valence-corrected chi connectivity index (χ1v) is 4.81. The summed E-state index contributed by atoms with van der Waals surface area (Å²) in [4.78, 5) is 14.0. The van der Waals surface area contributed by atoms with Gasteiger partial charge in [-0.3, -0.25) is 10.3 Å². The molecule has 0 saturated carbocycles. The van der Waals surface area contributed by atoms with E-state index in [1.165, 1.54) is 0 Å². The van der Waals surface area contributed by atoms with Gasteiger partial charge in [-0.2, -0.15) is 0 Å². The highest BCUT2D eigenvalue weighted by Gasteiger charge is 2.23. The zero-order valence-corrected chi connectivity index (χ0v) is 7.67. The molecule has 0 saturated heterocycles. The van der Waals surface area contributed by atoms with Crippen LogP contribution in [0.25, 0.3) is 0 Å². The van der Waals surface area contributed by atoms with E-state index in [0.717, 1.165) is 10.6 Å². The molecular weight excluding hydrogens is 186 g/mol. The Labute approximate surface area is 80.1 Å². The molecule has 5 heteroatoms. The van der Waals surface area contributed by atoms with Gasteiger partial charge in [0, 0.05) is 4.90 Å². The van der Waals surface area contributed by atoms with Crippen molar-refractivity contribution in [3.63, 3.8) is 0 Å². The van der Waals surface area contributed by atoms with E-state index < -0.39 is 0 Å². The number of benzene rings is 1. The number of thioether (sulfide) groups is 1. The van der Waals surface area contributed by atoms with Crippen molar-refractivity contribution in [2.24, 2.45) is 5.84 Å². The Morgan fingerprint density at radius 2 is 2.31 bits per heavy atom. The number of nitrogens with one attached hydrogen (secondary N) is 1. The van der Waals surface area contributed by atoms with Gasteiger partial charge in [-0.1, -0.05) is 12.1 Å². The number of amides is 2. The zero-order valence-electron chi connectivity index (χ0n) is 6.86. The molecule has 3 N–H and O–H groups in total. The summed E-state index contributed by atoms with van der Waals surface area (Å²) in [5, 5.41) is 0. The molecule has 2 rings (SSSR count). The molecule has 1 aromatic carbocycles. The van der Waals surface area contributed by atoms with Crippen molar-refractivity contribution in [2.45, 2.75) is 4.90 Å². The minimum absolute atomic E-state index is 0.266. The Kier molecular flexibility index (Phi) is 2.12. The van der Waals surface area contributed by atoms with Crippen molar-refractivity contribution in [3.05, 3.63) is 24.3 Å². The Bertz CT molecular complexity index is 342. The molecule has 13 heavy (non-hydrogen) atoms. The van der Waals surface area contributed by atoms with E-state index >= 15 is 0 Å². The fourth-order valence-corrected chi connectivity index (χ4v) is 2.28. The Morgan fingerprint density at radius 1 is 1.54 bits per heavy atom. The van der Waals surface area contributed by atoms with E-state index in [0.29, 0.717) is 5.88 Å². The summed E-state index contributed by atoms with van der Waals surface area (Å²) in [6.45, 7) is 0. The largest absolute Gasteiger partial charge is 0.336 e. The van der Waals surface area contributed by atoms with Crippen LogP contribution < -0.4 is 16.2 Å². The van der Waals surface area contributed by atoms with Crippen molar-refractivity contribution in [1.29, 1.82) is 0 Å². The van der Waals surface area contributed by atoms with Crippen LogP contribution in [0.5, 0.6) is 0 Å². The highest BCUT2D eigenvalue weighted by atomic mass is 32.2. The molecule has 0 aliphatic carbocycles. The van der Waals surface area contributed by atoms with E-state index in [2.05, 4.69) is 5.43 Å². The first-order valence-electron chi connectivity index (χ1n) is 3.83. The Balaban J connectivity index is 2.33. The molecule has 2 amide bonds. The number of nitrogens with zero attached hydrogens (tertiary/aromatic N) is 1. The Hall–Kier alpha value is -1.20. The van der Waals surface area contributed by atoms with Crippen LogP contribution in [0.2, 0.25) is 0 Å². The topological polar surface area (TPSA) is 58.4 Å². The fraction of sp³-hybridized carbons (Fsp3) is 0.125. The molecule has 0 aromatic heterocycles. The lowest BCUT2D eigenvalue weighted by atomic mass is 10.3. The molecule has 1 heterocycles. The number of para-hydroxylation sites is 1. The molecule has 0 bridgehead atoms. The first-order chi connectivity index (χ1) is 6.33. The molecule has 0 atom stereocenters. The minimum atomic E-state index is -0.266. The van der Waals surface area contributed by atoms with Crippen LogP contribution in [-0.4, -0.2) is 11.9 Å². The SMILES string of the molecule is NNC(=O)N1CSc2ccccc21. The molecule has 1 aromatic rings. The van der Waals surface area contributed by atoms with Crippen molar-refractivity contribution in [2.75, 3.05) is 10.8 Å². The third-order valence-corrected chi connectivity index (χ3v) is 2.92. The number of rotatable bonds is 0. The van der Waals surface area contributed by atoms with E-state index in [1.807, 2.05) is 24.3 Å². The number of fused-ring (bicyclic) bond motifs is 1. The van der Waals surface area contributed by atoms with Crippen LogP contribution in [-0.2, 0) is 0 Å². The quantitative estimate of drug-likeness (QED) is 0.371. The minimum Gasteiger partial charge on any atom is -0.282 e. The third-order valence-electron chi connectivity index (χ3n) is 1.87. The van der Waals surface area contributed by atoms with Crippen molar-refractivity contribution < 1.29 is 4.79 Å². The first kappa shape index (κ1) is 8.40. The van der Waals surface area contributed by atoms with Gasteiger partial charge >= 0.3 is 6.03 Å². The summed E-state index contributed by atoms with van der Waals surface area (Å²) in [5.41, 5.74) is 3.05. The average molecular weight is 195 g/mol. The molecule has 68 valence electrons. The lowest BCUT2D eigenvalue weighted by Gasteiger charge is -2.14. The molecule has 0 radical (unpaired) electrons. The maximum atomic E-state index is 11.3. The van der Waals surface area contributed by atoms with Gasteiger partial charge in [-0.25, -0.2) is 10.6 Å². The van der Waals surface area contributed by atoms with E-state index in [1.54, 1.807) is 16.7 Å². The predicted octanol–water partition coefficient (Wildman–Crippen LogP) is 1.14. The van der Waals surface area contributed by atoms with Gasteiger partial charge in [-0.15, -0.1) is 11.8 Å². The van der Waals surface area contributed by atoms with Crippen LogP contribution in [0.3, 0.4) is 0 Å². The number of hydrogen-bond donors (Lipinski definition) is 2. The number of hydrogen-bond acceptors (Lipinski definition) is 3. The maximum Gasteiger partial charge on any atom is 0.336 e. The Morgan fingerprint density at radius 3 is 3.08 bits per heavy atom. The normalized spacial score (nSPS) is 14.1. The second-order valence-corrected chi connectivity index (χ2v) is 3.61. The molecule has 0 spiro atoms. The van der Waals surface area contributed by atoms with Gasteiger partial charge in [0.25, 0.3) is 0 Å². The number of carbonyl (C=O) groups is 1. The summed E-state index contributed by atoms with van der Waals surface area (Å²) < 4.78 is 0. The zero-order chi connectivity index (χ0) is 9.26. The van der Waals surface area contributed by atoms with Gasteiger partial charge in [0.05, 0.1) is 11.6 Å². The lowest BCUT2D eigenvalue weighted by Crippen LogP contribution is -2.42. The lowest BCUT2D eigenvalue weighted by molar-refractivity contribution is 0.247. The van der Waals surface area contributed by atoms with Crippen molar-refractivity contribution in [1.82, 2.24) is 5.43 Å². The number of anilines is 1. The van der Waals surface area contributed by atoms with Crippen molar-refractivity contribution >= 4 is 23.5 Å². The van der Waals surface area contributed by atoms with Crippen LogP contribution in [0.4, 0.5) is 10.5 Å². The predicted molar refractivity (Wildman–Crippen MR) is 52.4 cm³/mol. The second kappa shape index (κ2) is 3.27. The highest BCUT2D eigenvalue weighted by molar-refractivity contribution is 8.00. The highest BCUT2D eigenvalue weighted by Crippen LogP contribution is 2.37. The fourth-order valence-electron chi connectivity index (χ4n) is 1.25. The van der Waals surface area contributed by atoms with Gasteiger partial charge in [0.2, 0.25) is 0 Å². The van der Waals surface area contributed by atoms with E-state index in [-0.39, 0.29) is 6.03 Å². The molecule has 1 aliphatic rings.